The summed E-state index contributed by atoms with van der Waals surface area (Å²) < 4.78 is 233. The number of aromatic nitrogens is 2. The molecule has 89 heavy (non-hydrogen) atoms. The molecule has 0 radical (unpaired) electrons. The molecule has 0 bridgehead atoms. The Morgan fingerprint density at radius 2 is 0.876 bits per heavy atom. The minimum atomic E-state index is -0.917. The summed E-state index contributed by atoms with van der Waals surface area (Å²) in [4.78, 5) is 3.85. The van der Waals surface area contributed by atoms with Crippen molar-refractivity contribution >= 4 is 101 Å². The zero-order valence-electron chi connectivity index (χ0n) is 72.7. The van der Waals surface area contributed by atoms with E-state index in [0.717, 1.165) is 22.3 Å². The first kappa shape index (κ1) is 32.4. The van der Waals surface area contributed by atoms with E-state index in [4.69, 9.17) is 17.8 Å². The van der Waals surface area contributed by atoms with Crippen molar-refractivity contribution in [2.45, 2.75) is 26.2 Å². The maximum Gasteiger partial charge on any atom is 0.252 e. The smallest absolute Gasteiger partial charge is 0.252 e. The van der Waals surface area contributed by atoms with Crippen LogP contribution in [0.5, 0.6) is 0 Å². The van der Waals surface area contributed by atoms with Crippen LogP contribution in [0.1, 0.15) is 66.2 Å². The van der Waals surface area contributed by atoms with Crippen LogP contribution in [-0.2, 0) is 5.41 Å². The molecule has 5 nitrogen and oxygen atoms in total. The molecular formula is C83H58BN5. The fourth-order valence-corrected chi connectivity index (χ4v) is 12.9. The van der Waals surface area contributed by atoms with Crippen LogP contribution in [0.4, 0.5) is 34.1 Å². The van der Waals surface area contributed by atoms with E-state index in [1.165, 1.54) is 15.2 Å². The van der Waals surface area contributed by atoms with Crippen molar-refractivity contribution < 1.29 is 34.3 Å². The van der Waals surface area contributed by atoms with Gasteiger partial charge in [-0.1, -0.05) is 227 Å². The average Bonchev–Trinajstić information content (AvgIpc) is 1.11. The van der Waals surface area contributed by atoms with Gasteiger partial charge in [-0.15, -0.1) is 0 Å². The highest BCUT2D eigenvalue weighted by atomic mass is 15.2. The number of hydrogen-bond donors (Lipinski definition) is 0. The molecule has 2 aliphatic rings. The number of fused-ring (bicyclic) bond motifs is 10. The van der Waals surface area contributed by atoms with E-state index >= 15 is 0 Å². The molecule has 0 amide bonds. The SMILES string of the molecule is [2H]c1c([2H])c([2H])c(-c2ccc3c(c2)N(c2cc(-c4ccccc4)cc(-c4ccccc4)c2)c2cc(C(C)(C)C)cc4c2B3c2ccc(-n3c5c([2H])c([2H])c([2H])c([2H])c5c5c([2H])c([2H])c([2H])c([2H])c53)cc2N4c2cccc(-n3c4c([2H])c([2H])c([2H])c([2H])c4c4c([2H])c(-c5c([2H])c([2H])c([2H])c([2H])c5[2H])c([2H])c([2H])c43)c2C#N)c([2H])c1[2H]. The highest BCUT2D eigenvalue weighted by molar-refractivity contribution is 7.00. The summed E-state index contributed by atoms with van der Waals surface area (Å²) in [7, 11) is 0. The summed E-state index contributed by atoms with van der Waals surface area (Å²) in [5.41, 5.74) is 4.46. The first-order valence-corrected chi connectivity index (χ1v) is 28.7. The molecule has 0 fully saturated rings. The van der Waals surface area contributed by atoms with Crippen LogP contribution in [0.15, 0.2) is 297 Å². The van der Waals surface area contributed by atoms with Gasteiger partial charge < -0.3 is 18.9 Å². The third kappa shape index (κ3) is 8.31. The van der Waals surface area contributed by atoms with E-state index in [1.807, 2.05) is 106 Å². The Bertz CT molecular complexity index is 6760. The van der Waals surface area contributed by atoms with Gasteiger partial charge in [0.15, 0.2) is 0 Å². The van der Waals surface area contributed by atoms with Crippen molar-refractivity contribution in [3.63, 3.8) is 0 Å². The van der Waals surface area contributed by atoms with Gasteiger partial charge in [0, 0.05) is 55.7 Å². The van der Waals surface area contributed by atoms with Gasteiger partial charge >= 0.3 is 0 Å². The fourth-order valence-electron chi connectivity index (χ4n) is 12.9. The van der Waals surface area contributed by atoms with Gasteiger partial charge in [-0.25, -0.2) is 0 Å². The van der Waals surface area contributed by atoms with Crippen LogP contribution in [0.3, 0.4) is 0 Å². The Balaban J connectivity index is 1.05. The first-order chi connectivity index (χ1) is 54.1. The molecule has 0 aliphatic carbocycles. The molecule has 0 spiro atoms. The summed E-state index contributed by atoms with van der Waals surface area (Å²) >= 11 is 0. The van der Waals surface area contributed by atoms with Crippen molar-refractivity contribution in [2.24, 2.45) is 0 Å². The van der Waals surface area contributed by atoms with E-state index in [2.05, 4.69) is 23.1 Å². The van der Waals surface area contributed by atoms with Crippen LogP contribution < -0.4 is 26.2 Å². The Kier molecular flexibility index (Phi) is 7.41. The van der Waals surface area contributed by atoms with Crippen LogP contribution in [0.2, 0.25) is 0 Å². The largest absolute Gasteiger partial charge is 0.311 e. The molecule has 17 rings (SSSR count). The van der Waals surface area contributed by atoms with Crippen molar-refractivity contribution in [2.75, 3.05) is 9.80 Å². The second-order valence-electron chi connectivity index (χ2n) is 22.9. The lowest BCUT2D eigenvalue weighted by atomic mass is 9.33. The average molecular weight is 1160 g/mol. The molecule has 6 heteroatoms. The van der Waals surface area contributed by atoms with Crippen molar-refractivity contribution in [1.82, 2.24) is 9.13 Å². The highest BCUT2D eigenvalue weighted by Gasteiger charge is 2.45. The second-order valence-corrected chi connectivity index (χ2v) is 22.9. The monoisotopic (exact) mass is 1160 g/mol. The molecule has 4 heterocycles. The predicted molar refractivity (Wildman–Crippen MR) is 374 cm³/mol. The Labute approximate surface area is 553 Å². The quantitative estimate of drug-likeness (QED) is 0.142. The van der Waals surface area contributed by atoms with E-state index in [1.54, 1.807) is 47.4 Å². The summed E-state index contributed by atoms with van der Waals surface area (Å²) in [6, 6.07) is 30.0. The number of nitrogens with zero attached hydrogens (tertiary/aromatic N) is 5. The maximum atomic E-state index is 12.5. The number of hydrogen-bond acceptors (Lipinski definition) is 3. The Hall–Kier alpha value is -11.4. The molecule has 0 saturated carbocycles. The number of benzene rings is 13. The van der Waals surface area contributed by atoms with Crippen LogP contribution >= 0.6 is 0 Å². The molecule has 15 aromatic rings. The molecule has 13 aromatic carbocycles. The van der Waals surface area contributed by atoms with Gasteiger partial charge in [0.05, 0.1) is 67.7 Å². The minimum Gasteiger partial charge on any atom is -0.311 e. The number of anilines is 6. The van der Waals surface area contributed by atoms with Crippen molar-refractivity contribution in [3.8, 4) is 62.0 Å². The van der Waals surface area contributed by atoms with E-state index < -0.39 is 180 Å². The second kappa shape index (κ2) is 20.4. The Morgan fingerprint density at radius 3 is 1.48 bits per heavy atom. The van der Waals surface area contributed by atoms with E-state index in [-0.39, 0.29) is 77.5 Å². The zero-order chi connectivity index (χ0) is 81.2. The number of rotatable bonds is 8. The normalized spacial score (nSPS) is 16.5. The van der Waals surface area contributed by atoms with Crippen LogP contribution in [-0.4, -0.2) is 15.8 Å². The van der Waals surface area contributed by atoms with Gasteiger partial charge in [-0.2, -0.15) is 5.26 Å². The lowest BCUT2D eigenvalue weighted by Crippen LogP contribution is -2.61. The predicted octanol–water partition coefficient (Wildman–Crippen LogP) is 19.8. The highest BCUT2D eigenvalue weighted by Crippen LogP contribution is 2.50. The standard InChI is InChI=1S/C83H58BN5/c1-83(2,3)62-50-80-82-81(51-62)89(76-38-22-37-75(69(76)53-85)88-74-36-21-18-33-67(74)68-48-58(40-44-77(68)88)54-23-8-4-9-24-54)79-52-63(86-72-34-19-16-31-65(72)66-32-17-20-35-73(66)86)41-43-71(79)84(82)70-42-39-59(55-25-10-5-11-26-55)49-78(70)87(80)64-46-60(56-27-12-6-13-28-56)45-61(47-64)57-29-14-7-15-30-57/h4-52H,1-3H3/i4D,5D,8D,9D,10D,11D,16D,17D,18D,19D,20D,21D,23D,24D,25D,26D,31D,32D,33D,34D,35D,36D,40D,44D,48D. The summed E-state index contributed by atoms with van der Waals surface area (Å²) in [5, 5.41) is 11.3. The third-order valence-electron chi connectivity index (χ3n) is 16.9. The molecule has 0 saturated heterocycles. The Morgan fingerprint density at radius 1 is 0.360 bits per heavy atom. The molecule has 0 unspecified atom stereocenters. The number of para-hydroxylation sites is 3. The molecular weight excluding hydrogens is 1080 g/mol. The summed E-state index contributed by atoms with van der Waals surface area (Å²) in [5.74, 6) is 0. The summed E-state index contributed by atoms with van der Waals surface area (Å²) in [6.45, 7) is 5.08. The third-order valence-corrected chi connectivity index (χ3v) is 16.9. The van der Waals surface area contributed by atoms with Gasteiger partial charge in [0.1, 0.15) is 11.6 Å². The van der Waals surface area contributed by atoms with Crippen LogP contribution in [0.25, 0.3) is 99.5 Å². The first-order valence-electron chi connectivity index (χ1n) is 41.2. The minimum absolute atomic E-state index is 0.0350. The maximum absolute atomic E-state index is 12.5. The lowest BCUT2D eigenvalue weighted by molar-refractivity contribution is 0.590. The zero-order valence-corrected chi connectivity index (χ0v) is 47.7. The molecule has 2 aliphatic heterocycles. The molecule has 2 aromatic heterocycles. The van der Waals surface area contributed by atoms with Crippen LogP contribution in [0, 0.1) is 11.3 Å². The van der Waals surface area contributed by atoms with Gasteiger partial charge in [-0.05, 0) is 163 Å². The van der Waals surface area contributed by atoms with Gasteiger partial charge in [0.2, 0.25) is 0 Å². The topological polar surface area (TPSA) is 40.1 Å². The van der Waals surface area contributed by atoms with E-state index in [9.17, 15) is 21.7 Å². The van der Waals surface area contributed by atoms with Crippen molar-refractivity contribution in [3.05, 3.63) is 308 Å². The van der Waals surface area contributed by atoms with Gasteiger partial charge in [-0.3, -0.25) is 0 Å². The van der Waals surface area contributed by atoms with Crippen molar-refractivity contribution in [1.29, 1.82) is 5.26 Å². The summed E-state index contributed by atoms with van der Waals surface area (Å²) in [6.07, 6.45) is 0. The van der Waals surface area contributed by atoms with E-state index in [0.29, 0.717) is 44.7 Å². The number of nitriles is 1. The lowest BCUT2D eigenvalue weighted by Gasteiger charge is -2.45. The fraction of sp³-hybridized carbons (Fsp3) is 0.0482. The molecule has 0 N–H and O–H groups in total. The molecule has 0 atom stereocenters. The molecule has 418 valence electrons. The van der Waals surface area contributed by atoms with Gasteiger partial charge in [0.25, 0.3) is 6.71 Å².